The minimum Gasteiger partial charge on any atom is -0.487 e. The Morgan fingerprint density at radius 1 is 1.03 bits per heavy atom. The number of fused-ring (bicyclic) bond motifs is 1. The fourth-order valence-electron chi connectivity index (χ4n) is 3.21. The Bertz CT molecular complexity index is 1310. The van der Waals surface area contributed by atoms with E-state index in [0.717, 1.165) is 42.4 Å². The van der Waals surface area contributed by atoms with E-state index in [9.17, 15) is 5.26 Å². The van der Waals surface area contributed by atoms with Crippen LogP contribution in [0.3, 0.4) is 0 Å². The summed E-state index contributed by atoms with van der Waals surface area (Å²) in [4.78, 5) is 7.80. The number of halogens is 2. The molecular formula is C25H19Br2N3O. The van der Waals surface area contributed by atoms with Gasteiger partial charge in [0.1, 0.15) is 24.3 Å². The van der Waals surface area contributed by atoms with Crippen LogP contribution in [0, 0.1) is 25.2 Å². The predicted octanol–water partition coefficient (Wildman–Crippen LogP) is 7.35. The molecular weight excluding hydrogens is 518 g/mol. The molecule has 1 heterocycles. The van der Waals surface area contributed by atoms with Crippen LogP contribution in [0.5, 0.6) is 5.75 Å². The van der Waals surface area contributed by atoms with Gasteiger partial charge in [0, 0.05) is 0 Å². The predicted molar refractivity (Wildman–Crippen MR) is 132 cm³/mol. The van der Waals surface area contributed by atoms with Crippen molar-refractivity contribution in [2.24, 2.45) is 0 Å². The molecule has 31 heavy (non-hydrogen) atoms. The SMILES string of the molecule is Cc1ccc(COc2c(Br)cc(C=C(C#N)c3nc4ccc(C)cc4[nH]3)cc2Br)cc1. The van der Waals surface area contributed by atoms with E-state index in [1.807, 2.05) is 43.3 Å². The van der Waals surface area contributed by atoms with Gasteiger partial charge in [0.2, 0.25) is 0 Å². The summed E-state index contributed by atoms with van der Waals surface area (Å²) in [6.07, 6.45) is 1.81. The number of rotatable bonds is 5. The molecule has 6 heteroatoms. The average Bonchev–Trinajstić information content (AvgIpc) is 3.15. The van der Waals surface area contributed by atoms with Gasteiger partial charge in [-0.05, 0) is 92.7 Å². The number of nitriles is 1. The first kappa shape index (κ1) is 21.4. The summed E-state index contributed by atoms with van der Waals surface area (Å²) in [5, 5.41) is 9.72. The van der Waals surface area contributed by atoms with Crippen molar-refractivity contribution in [3.63, 3.8) is 0 Å². The summed E-state index contributed by atoms with van der Waals surface area (Å²) in [6.45, 7) is 4.55. The lowest BCUT2D eigenvalue weighted by Crippen LogP contribution is -1.97. The first-order valence-electron chi connectivity index (χ1n) is 9.69. The van der Waals surface area contributed by atoms with Crippen molar-refractivity contribution in [2.45, 2.75) is 20.5 Å². The third-order valence-electron chi connectivity index (χ3n) is 4.85. The zero-order valence-corrected chi connectivity index (χ0v) is 20.2. The van der Waals surface area contributed by atoms with Crippen LogP contribution in [0.15, 0.2) is 63.5 Å². The molecule has 4 nitrogen and oxygen atoms in total. The van der Waals surface area contributed by atoms with Crippen LogP contribution in [0.1, 0.15) is 28.1 Å². The molecule has 0 radical (unpaired) electrons. The first-order chi connectivity index (χ1) is 14.9. The fourth-order valence-corrected chi connectivity index (χ4v) is 4.66. The lowest BCUT2D eigenvalue weighted by atomic mass is 10.1. The number of hydrogen-bond acceptors (Lipinski definition) is 3. The van der Waals surface area contributed by atoms with Gasteiger partial charge in [-0.3, -0.25) is 0 Å². The highest BCUT2D eigenvalue weighted by Crippen LogP contribution is 2.36. The van der Waals surface area contributed by atoms with Crippen molar-refractivity contribution < 1.29 is 4.74 Å². The van der Waals surface area contributed by atoms with Crippen LogP contribution in [-0.4, -0.2) is 9.97 Å². The molecule has 0 amide bonds. The molecule has 0 aliphatic rings. The van der Waals surface area contributed by atoms with E-state index in [-0.39, 0.29) is 0 Å². The standard InChI is InChI=1S/C25H19Br2N3O/c1-15-3-6-17(7-4-15)14-31-24-20(26)11-18(12-21(24)27)10-19(13-28)25-29-22-8-5-16(2)9-23(22)30-25/h3-12H,14H2,1-2H3,(H,29,30). The third-order valence-corrected chi connectivity index (χ3v) is 6.03. The Hall–Kier alpha value is -2.88. The number of aryl methyl sites for hydroxylation is 2. The zero-order valence-electron chi connectivity index (χ0n) is 17.0. The molecule has 0 aliphatic heterocycles. The van der Waals surface area contributed by atoms with Gasteiger partial charge >= 0.3 is 0 Å². The van der Waals surface area contributed by atoms with Crippen molar-refractivity contribution >= 4 is 54.5 Å². The second kappa shape index (κ2) is 9.09. The number of benzene rings is 3. The molecule has 0 spiro atoms. The second-order valence-electron chi connectivity index (χ2n) is 7.36. The Labute approximate surface area is 197 Å². The molecule has 0 saturated heterocycles. The number of ether oxygens (including phenoxy) is 1. The van der Waals surface area contributed by atoms with Crippen LogP contribution in [0.25, 0.3) is 22.7 Å². The highest BCUT2D eigenvalue weighted by Gasteiger charge is 2.12. The largest absolute Gasteiger partial charge is 0.487 e. The number of H-pyrrole nitrogens is 1. The van der Waals surface area contributed by atoms with Crippen LogP contribution < -0.4 is 4.74 Å². The lowest BCUT2D eigenvalue weighted by Gasteiger charge is -2.12. The Kier molecular flexibility index (Phi) is 6.26. The van der Waals surface area contributed by atoms with Crippen LogP contribution in [0.2, 0.25) is 0 Å². The smallest absolute Gasteiger partial charge is 0.149 e. The van der Waals surface area contributed by atoms with E-state index in [1.165, 1.54) is 5.56 Å². The van der Waals surface area contributed by atoms with E-state index in [2.05, 4.69) is 79.1 Å². The average molecular weight is 537 g/mol. The van der Waals surface area contributed by atoms with Crippen molar-refractivity contribution in [1.29, 1.82) is 5.26 Å². The van der Waals surface area contributed by atoms with Gasteiger partial charge in [-0.2, -0.15) is 5.26 Å². The third kappa shape index (κ3) is 4.90. The molecule has 0 bridgehead atoms. The van der Waals surface area contributed by atoms with Crippen molar-refractivity contribution in [2.75, 3.05) is 0 Å². The zero-order chi connectivity index (χ0) is 22.0. The van der Waals surface area contributed by atoms with Gasteiger partial charge < -0.3 is 9.72 Å². The maximum Gasteiger partial charge on any atom is 0.149 e. The topological polar surface area (TPSA) is 61.7 Å². The number of nitrogens with one attached hydrogen (secondary N) is 1. The molecule has 0 fully saturated rings. The summed E-state index contributed by atoms with van der Waals surface area (Å²) >= 11 is 7.19. The first-order valence-corrected chi connectivity index (χ1v) is 11.3. The fraction of sp³-hybridized carbons (Fsp3) is 0.120. The van der Waals surface area contributed by atoms with E-state index in [1.54, 1.807) is 0 Å². The van der Waals surface area contributed by atoms with Crippen LogP contribution in [-0.2, 0) is 6.61 Å². The van der Waals surface area contributed by atoms with E-state index < -0.39 is 0 Å². The van der Waals surface area contributed by atoms with E-state index >= 15 is 0 Å². The highest BCUT2D eigenvalue weighted by atomic mass is 79.9. The number of aromatic amines is 1. The monoisotopic (exact) mass is 535 g/mol. The minimum absolute atomic E-state index is 0.459. The highest BCUT2D eigenvalue weighted by molar-refractivity contribution is 9.11. The number of allylic oxidation sites excluding steroid dienone is 1. The summed E-state index contributed by atoms with van der Waals surface area (Å²) in [7, 11) is 0. The second-order valence-corrected chi connectivity index (χ2v) is 9.07. The molecule has 154 valence electrons. The molecule has 4 aromatic rings. The van der Waals surface area contributed by atoms with Crippen LogP contribution in [0.4, 0.5) is 0 Å². The number of imidazole rings is 1. The summed E-state index contributed by atoms with van der Waals surface area (Å²) in [5.41, 5.74) is 6.52. The normalized spacial score (nSPS) is 11.5. The Morgan fingerprint density at radius 3 is 2.39 bits per heavy atom. The Balaban J connectivity index is 1.60. The molecule has 0 atom stereocenters. The van der Waals surface area contributed by atoms with Gasteiger partial charge in [-0.15, -0.1) is 0 Å². The van der Waals surface area contributed by atoms with E-state index in [0.29, 0.717) is 18.0 Å². The van der Waals surface area contributed by atoms with Crippen molar-refractivity contribution in [1.82, 2.24) is 9.97 Å². The van der Waals surface area contributed by atoms with Crippen molar-refractivity contribution in [3.8, 4) is 11.8 Å². The van der Waals surface area contributed by atoms with Crippen LogP contribution >= 0.6 is 31.9 Å². The number of nitrogens with zero attached hydrogens (tertiary/aromatic N) is 2. The van der Waals surface area contributed by atoms with Gasteiger partial charge in [0.15, 0.2) is 0 Å². The van der Waals surface area contributed by atoms with Gasteiger partial charge in [-0.1, -0.05) is 35.9 Å². The molecule has 0 saturated carbocycles. The maximum absolute atomic E-state index is 9.72. The van der Waals surface area contributed by atoms with Gasteiger partial charge in [0.25, 0.3) is 0 Å². The summed E-state index contributed by atoms with van der Waals surface area (Å²) in [6, 6.07) is 20.3. The minimum atomic E-state index is 0.459. The molecule has 3 aromatic carbocycles. The van der Waals surface area contributed by atoms with Gasteiger partial charge in [0.05, 0.1) is 25.6 Å². The Morgan fingerprint density at radius 2 is 1.71 bits per heavy atom. The lowest BCUT2D eigenvalue weighted by molar-refractivity contribution is 0.302. The number of hydrogen-bond donors (Lipinski definition) is 1. The van der Waals surface area contributed by atoms with Crippen molar-refractivity contribution in [3.05, 3.63) is 91.6 Å². The van der Waals surface area contributed by atoms with E-state index in [4.69, 9.17) is 4.74 Å². The molecule has 4 rings (SSSR count). The molecule has 1 aromatic heterocycles. The molecule has 1 N–H and O–H groups in total. The summed E-state index contributed by atoms with van der Waals surface area (Å²) in [5.74, 6) is 1.27. The quantitative estimate of drug-likeness (QED) is 0.271. The van der Waals surface area contributed by atoms with Gasteiger partial charge in [-0.25, -0.2) is 4.98 Å². The maximum atomic E-state index is 9.72. The molecule has 0 unspecified atom stereocenters. The molecule has 0 aliphatic carbocycles. The number of aromatic nitrogens is 2. The summed E-state index contributed by atoms with van der Waals surface area (Å²) < 4.78 is 7.62.